The van der Waals surface area contributed by atoms with Gasteiger partial charge in [-0.25, -0.2) is 0 Å². The molecule has 0 fully saturated rings. The largest absolute Gasteiger partial charge is 0.374 e. The smallest absolute Gasteiger partial charge is 0.237 e. The summed E-state index contributed by atoms with van der Waals surface area (Å²) in [4.78, 5) is 4.31. The van der Waals surface area contributed by atoms with Gasteiger partial charge in [-0.1, -0.05) is 28.3 Å². The van der Waals surface area contributed by atoms with Crippen molar-refractivity contribution in [2.24, 2.45) is 0 Å². The summed E-state index contributed by atoms with van der Waals surface area (Å²) in [5.41, 5.74) is 6.47. The first kappa shape index (κ1) is 11.6. The van der Waals surface area contributed by atoms with Crippen molar-refractivity contribution in [1.82, 2.24) is 20.3 Å². The molecule has 0 saturated heterocycles. The Morgan fingerprint density at radius 2 is 2.33 bits per heavy atom. The third-order valence-corrected chi connectivity index (χ3v) is 4.54. The number of hydrogen-bond acceptors (Lipinski definition) is 9. The number of anilines is 1. The highest BCUT2D eigenvalue weighted by Gasteiger charge is 2.10. The number of nitrogens with zero attached hydrogens (tertiary/aromatic N) is 4. The van der Waals surface area contributed by atoms with Crippen molar-refractivity contribution in [3.63, 3.8) is 0 Å². The van der Waals surface area contributed by atoms with Gasteiger partial charge in [-0.3, -0.25) is 0 Å². The van der Waals surface area contributed by atoms with Gasteiger partial charge in [-0.15, -0.1) is 10.2 Å². The molecule has 0 radical (unpaired) electrons. The number of hydrogen-bond donors (Lipinski definition) is 1. The predicted octanol–water partition coefficient (Wildman–Crippen LogP) is 2.52. The molecule has 3 aromatic rings. The quantitative estimate of drug-likeness (QED) is 0.740. The zero-order chi connectivity index (χ0) is 12.4. The third kappa shape index (κ3) is 2.52. The lowest BCUT2D eigenvalue weighted by Gasteiger charge is -1.88. The molecule has 92 valence electrons. The summed E-state index contributed by atoms with van der Waals surface area (Å²) in [5, 5.41) is 16.0. The van der Waals surface area contributed by atoms with E-state index >= 15 is 0 Å². The van der Waals surface area contributed by atoms with Crippen LogP contribution in [0, 0.1) is 0 Å². The summed E-state index contributed by atoms with van der Waals surface area (Å²) in [6.07, 6.45) is 0. The minimum absolute atomic E-state index is 0.460. The van der Waals surface area contributed by atoms with Gasteiger partial charge >= 0.3 is 0 Å². The fraction of sp³-hybridized carbons (Fsp3) is 0.111. The van der Waals surface area contributed by atoms with Gasteiger partial charge in [-0.2, -0.15) is 16.3 Å². The van der Waals surface area contributed by atoms with E-state index in [-0.39, 0.29) is 0 Å². The number of rotatable bonds is 4. The predicted molar refractivity (Wildman–Crippen MR) is 71.5 cm³/mol. The summed E-state index contributed by atoms with van der Waals surface area (Å²) < 4.78 is 5.96. The van der Waals surface area contributed by atoms with E-state index in [2.05, 4.69) is 20.3 Å². The molecule has 2 N–H and O–H groups in total. The maximum atomic E-state index is 5.50. The molecular formula is C9H7N5OS3. The van der Waals surface area contributed by atoms with E-state index in [0.717, 1.165) is 9.90 Å². The SMILES string of the molecule is Nc1nnc(SCc2nc(-c3ccsc3)no2)s1. The van der Waals surface area contributed by atoms with Crippen molar-refractivity contribution in [3.05, 3.63) is 22.7 Å². The highest BCUT2D eigenvalue weighted by molar-refractivity contribution is 8.00. The van der Waals surface area contributed by atoms with Crippen molar-refractivity contribution in [2.45, 2.75) is 10.1 Å². The molecule has 0 aliphatic carbocycles. The summed E-state index contributed by atoms with van der Waals surface area (Å²) in [6.45, 7) is 0. The second-order valence-corrected chi connectivity index (χ2v) is 6.23. The van der Waals surface area contributed by atoms with Gasteiger partial charge in [-0.05, 0) is 11.4 Å². The summed E-state index contributed by atoms with van der Waals surface area (Å²) in [5.74, 6) is 1.74. The fourth-order valence-electron chi connectivity index (χ4n) is 1.22. The molecule has 0 bridgehead atoms. The molecule has 0 aromatic carbocycles. The molecule has 18 heavy (non-hydrogen) atoms. The average molecular weight is 297 g/mol. The fourth-order valence-corrected chi connectivity index (χ4v) is 3.33. The van der Waals surface area contributed by atoms with E-state index < -0.39 is 0 Å². The first-order chi connectivity index (χ1) is 8.81. The lowest BCUT2D eigenvalue weighted by Crippen LogP contribution is -1.81. The number of thioether (sulfide) groups is 1. The third-order valence-electron chi connectivity index (χ3n) is 1.99. The summed E-state index contributed by atoms with van der Waals surface area (Å²) in [7, 11) is 0. The first-order valence-electron chi connectivity index (χ1n) is 4.88. The molecule has 3 rings (SSSR count). The van der Waals surface area contributed by atoms with Crippen LogP contribution in [0.5, 0.6) is 0 Å². The van der Waals surface area contributed by atoms with Crippen LogP contribution in [-0.4, -0.2) is 20.3 Å². The molecule has 0 amide bonds. The van der Waals surface area contributed by atoms with E-state index in [0.29, 0.717) is 22.6 Å². The van der Waals surface area contributed by atoms with Crippen LogP contribution in [0.15, 0.2) is 25.7 Å². The van der Waals surface area contributed by atoms with Crippen LogP contribution in [0.25, 0.3) is 11.4 Å². The van der Waals surface area contributed by atoms with Gasteiger partial charge in [0.15, 0.2) is 4.34 Å². The van der Waals surface area contributed by atoms with Gasteiger partial charge in [0.2, 0.25) is 16.8 Å². The molecule has 0 unspecified atom stereocenters. The molecule has 9 heteroatoms. The van der Waals surface area contributed by atoms with Crippen molar-refractivity contribution in [2.75, 3.05) is 5.73 Å². The lowest BCUT2D eigenvalue weighted by molar-refractivity contribution is 0.391. The van der Waals surface area contributed by atoms with E-state index in [9.17, 15) is 0 Å². The Kier molecular flexibility index (Phi) is 3.26. The number of nitrogens with two attached hydrogens (primary N) is 1. The van der Waals surface area contributed by atoms with Crippen LogP contribution >= 0.6 is 34.4 Å². The molecule has 6 nitrogen and oxygen atoms in total. The monoisotopic (exact) mass is 297 g/mol. The van der Waals surface area contributed by atoms with Crippen LogP contribution < -0.4 is 5.73 Å². The van der Waals surface area contributed by atoms with Crippen LogP contribution in [0.1, 0.15) is 5.89 Å². The maximum absolute atomic E-state index is 5.50. The molecule has 3 aromatic heterocycles. The number of aromatic nitrogens is 4. The zero-order valence-electron chi connectivity index (χ0n) is 8.94. The van der Waals surface area contributed by atoms with Crippen LogP contribution in [-0.2, 0) is 5.75 Å². The molecule has 0 aliphatic heterocycles. The standard InChI is InChI=1S/C9H7N5OS3/c10-8-12-13-9(18-8)17-4-6-11-7(14-15-6)5-1-2-16-3-5/h1-3H,4H2,(H2,10,12). The number of thiophene rings is 1. The van der Waals surface area contributed by atoms with Crippen molar-refractivity contribution in [3.8, 4) is 11.4 Å². The minimum Gasteiger partial charge on any atom is -0.374 e. The highest BCUT2D eigenvalue weighted by Crippen LogP contribution is 2.27. The molecule has 0 spiro atoms. The Labute approximate surface area is 114 Å². The molecule has 0 saturated carbocycles. The minimum atomic E-state index is 0.460. The van der Waals surface area contributed by atoms with E-state index in [1.54, 1.807) is 11.3 Å². The van der Waals surface area contributed by atoms with Gasteiger partial charge in [0, 0.05) is 10.9 Å². The van der Waals surface area contributed by atoms with Gasteiger partial charge in [0.25, 0.3) is 0 Å². The van der Waals surface area contributed by atoms with Gasteiger partial charge < -0.3 is 10.3 Å². The van der Waals surface area contributed by atoms with E-state index in [1.165, 1.54) is 23.1 Å². The second kappa shape index (κ2) is 5.04. The molecule has 0 atom stereocenters. The molecule has 3 heterocycles. The lowest BCUT2D eigenvalue weighted by atomic mass is 10.3. The van der Waals surface area contributed by atoms with Crippen molar-refractivity contribution >= 4 is 39.6 Å². The highest BCUT2D eigenvalue weighted by atomic mass is 32.2. The summed E-state index contributed by atoms with van der Waals surface area (Å²) in [6, 6.07) is 1.96. The van der Waals surface area contributed by atoms with Crippen molar-refractivity contribution < 1.29 is 4.52 Å². The zero-order valence-corrected chi connectivity index (χ0v) is 11.4. The number of nitrogen functional groups attached to an aromatic ring is 1. The molecular weight excluding hydrogens is 290 g/mol. The first-order valence-corrected chi connectivity index (χ1v) is 7.63. The normalized spacial score (nSPS) is 10.9. The Morgan fingerprint density at radius 3 is 3.06 bits per heavy atom. The molecule has 0 aliphatic rings. The second-order valence-electron chi connectivity index (χ2n) is 3.22. The van der Waals surface area contributed by atoms with Gasteiger partial charge in [0.05, 0.1) is 5.75 Å². The van der Waals surface area contributed by atoms with Crippen molar-refractivity contribution in [1.29, 1.82) is 0 Å². The van der Waals surface area contributed by atoms with E-state index in [1.807, 2.05) is 16.8 Å². The van der Waals surface area contributed by atoms with Crippen LogP contribution in [0.4, 0.5) is 5.13 Å². The Morgan fingerprint density at radius 1 is 1.39 bits per heavy atom. The summed E-state index contributed by atoms with van der Waals surface area (Å²) >= 11 is 4.42. The Hall–Kier alpha value is -1.45. The van der Waals surface area contributed by atoms with E-state index in [4.69, 9.17) is 10.3 Å². The Balaban J connectivity index is 1.67. The average Bonchev–Trinajstić information content (AvgIpc) is 3.07. The topological polar surface area (TPSA) is 90.7 Å². The van der Waals surface area contributed by atoms with Crippen LogP contribution in [0.2, 0.25) is 0 Å². The maximum Gasteiger partial charge on any atom is 0.237 e. The van der Waals surface area contributed by atoms with Gasteiger partial charge in [0.1, 0.15) is 0 Å². The van der Waals surface area contributed by atoms with Crippen LogP contribution in [0.3, 0.4) is 0 Å². The Bertz CT molecular complexity index is 632.